The highest BCUT2D eigenvalue weighted by Gasteiger charge is 2.28. The van der Waals surface area contributed by atoms with Gasteiger partial charge in [0.1, 0.15) is 0 Å². The second-order valence-electron chi connectivity index (χ2n) is 4.47. The second-order valence-corrected chi connectivity index (χ2v) is 4.47. The summed E-state index contributed by atoms with van der Waals surface area (Å²) in [4.78, 5) is 0. The van der Waals surface area contributed by atoms with E-state index < -0.39 is 5.92 Å². The van der Waals surface area contributed by atoms with Crippen LogP contribution >= 0.6 is 0 Å². The zero-order valence-corrected chi connectivity index (χ0v) is 11.1. The lowest BCUT2D eigenvalue weighted by molar-refractivity contribution is -0.00824. The van der Waals surface area contributed by atoms with Crippen LogP contribution in [0.2, 0.25) is 0 Å². The molecule has 0 aliphatic rings. The Kier molecular flexibility index (Phi) is 3.84. The van der Waals surface area contributed by atoms with Gasteiger partial charge in [0.2, 0.25) is 0 Å². The highest BCUT2D eigenvalue weighted by molar-refractivity contribution is 5.66. The molecule has 0 aromatic heterocycles. The SMILES string of the molecule is CCC(F)(F)c1cccc(-c2ccc(NC)cc2)c1. The number of rotatable bonds is 4. The first-order valence-electron chi connectivity index (χ1n) is 6.33. The molecule has 3 heteroatoms. The Hall–Kier alpha value is -1.90. The number of alkyl halides is 2. The third kappa shape index (κ3) is 2.92. The molecule has 0 atom stereocenters. The van der Waals surface area contributed by atoms with E-state index in [1.165, 1.54) is 13.0 Å². The molecule has 100 valence electrons. The van der Waals surface area contributed by atoms with Crippen molar-refractivity contribution in [1.82, 2.24) is 0 Å². The summed E-state index contributed by atoms with van der Waals surface area (Å²) >= 11 is 0. The molecular formula is C16H17F2N. The molecule has 19 heavy (non-hydrogen) atoms. The van der Waals surface area contributed by atoms with Crippen molar-refractivity contribution >= 4 is 5.69 Å². The van der Waals surface area contributed by atoms with Crippen molar-refractivity contribution in [2.75, 3.05) is 12.4 Å². The van der Waals surface area contributed by atoms with Gasteiger partial charge in [0, 0.05) is 24.7 Å². The molecular weight excluding hydrogens is 244 g/mol. The number of hydrogen-bond acceptors (Lipinski definition) is 1. The second kappa shape index (κ2) is 5.39. The summed E-state index contributed by atoms with van der Waals surface area (Å²) in [5, 5.41) is 3.03. The van der Waals surface area contributed by atoms with Crippen molar-refractivity contribution in [3.8, 4) is 11.1 Å². The van der Waals surface area contributed by atoms with E-state index >= 15 is 0 Å². The van der Waals surface area contributed by atoms with Gasteiger partial charge in [-0.15, -0.1) is 0 Å². The Morgan fingerprint density at radius 3 is 2.26 bits per heavy atom. The largest absolute Gasteiger partial charge is 0.388 e. The van der Waals surface area contributed by atoms with Gasteiger partial charge in [0.25, 0.3) is 5.92 Å². The summed E-state index contributed by atoms with van der Waals surface area (Å²) < 4.78 is 27.4. The third-order valence-electron chi connectivity index (χ3n) is 3.24. The van der Waals surface area contributed by atoms with E-state index in [1.807, 2.05) is 37.4 Å². The monoisotopic (exact) mass is 261 g/mol. The van der Waals surface area contributed by atoms with Crippen molar-refractivity contribution in [3.63, 3.8) is 0 Å². The number of hydrogen-bond donors (Lipinski definition) is 1. The van der Waals surface area contributed by atoms with Crippen LogP contribution in [0.3, 0.4) is 0 Å². The Morgan fingerprint density at radius 1 is 1.00 bits per heavy atom. The van der Waals surface area contributed by atoms with E-state index in [2.05, 4.69) is 5.32 Å². The molecule has 0 bridgehead atoms. The van der Waals surface area contributed by atoms with E-state index in [0.717, 1.165) is 16.8 Å². The van der Waals surface area contributed by atoms with Crippen LogP contribution in [0.1, 0.15) is 18.9 Å². The number of anilines is 1. The lowest BCUT2D eigenvalue weighted by atomic mass is 9.99. The van der Waals surface area contributed by atoms with Gasteiger partial charge in [-0.2, -0.15) is 0 Å². The average molecular weight is 261 g/mol. The molecule has 1 nitrogen and oxygen atoms in total. The van der Waals surface area contributed by atoms with Crippen LogP contribution in [-0.2, 0) is 5.92 Å². The maximum Gasteiger partial charge on any atom is 0.273 e. The van der Waals surface area contributed by atoms with E-state index in [9.17, 15) is 8.78 Å². The minimum atomic E-state index is -2.76. The Labute approximate surface area is 112 Å². The van der Waals surface area contributed by atoms with Crippen LogP contribution in [0.25, 0.3) is 11.1 Å². The minimum Gasteiger partial charge on any atom is -0.388 e. The van der Waals surface area contributed by atoms with E-state index in [0.29, 0.717) is 0 Å². The van der Waals surface area contributed by atoms with Crippen molar-refractivity contribution in [2.45, 2.75) is 19.3 Å². The van der Waals surface area contributed by atoms with Crippen LogP contribution in [0, 0.1) is 0 Å². The Balaban J connectivity index is 2.37. The molecule has 0 saturated heterocycles. The molecule has 2 rings (SSSR count). The zero-order chi connectivity index (χ0) is 13.9. The first-order valence-corrected chi connectivity index (χ1v) is 6.33. The normalized spacial score (nSPS) is 11.4. The van der Waals surface area contributed by atoms with Gasteiger partial charge < -0.3 is 5.32 Å². The van der Waals surface area contributed by atoms with E-state index in [4.69, 9.17) is 0 Å². The maximum absolute atomic E-state index is 13.7. The van der Waals surface area contributed by atoms with Gasteiger partial charge in [-0.25, -0.2) is 8.78 Å². The van der Waals surface area contributed by atoms with Crippen molar-refractivity contribution in [1.29, 1.82) is 0 Å². The summed E-state index contributed by atoms with van der Waals surface area (Å²) in [6.07, 6.45) is -0.185. The van der Waals surface area contributed by atoms with Gasteiger partial charge in [-0.3, -0.25) is 0 Å². The fourth-order valence-corrected chi connectivity index (χ4v) is 1.96. The quantitative estimate of drug-likeness (QED) is 0.825. The molecule has 0 fully saturated rings. The molecule has 1 N–H and O–H groups in total. The summed E-state index contributed by atoms with van der Waals surface area (Å²) in [6.45, 7) is 1.49. The molecule has 0 radical (unpaired) electrons. The predicted octanol–water partition coefficient (Wildman–Crippen LogP) is 4.90. The summed E-state index contributed by atoms with van der Waals surface area (Å²) in [7, 11) is 1.84. The fraction of sp³-hybridized carbons (Fsp3) is 0.250. The number of benzene rings is 2. The van der Waals surface area contributed by atoms with E-state index in [1.54, 1.807) is 12.1 Å². The van der Waals surface area contributed by atoms with Gasteiger partial charge in [-0.05, 0) is 29.3 Å². The molecule has 2 aromatic carbocycles. The Bertz CT molecular complexity index is 547. The summed E-state index contributed by atoms with van der Waals surface area (Å²) in [5.41, 5.74) is 2.82. The molecule has 0 heterocycles. The molecule has 0 aliphatic heterocycles. The first kappa shape index (κ1) is 13.5. The molecule has 0 amide bonds. The van der Waals surface area contributed by atoms with E-state index in [-0.39, 0.29) is 12.0 Å². The highest BCUT2D eigenvalue weighted by Crippen LogP contribution is 2.33. The highest BCUT2D eigenvalue weighted by atomic mass is 19.3. The molecule has 0 unspecified atom stereocenters. The standard InChI is InChI=1S/C16H17F2N/c1-3-16(17,18)14-6-4-5-13(11-14)12-7-9-15(19-2)10-8-12/h4-11,19H,3H2,1-2H3. The summed E-state index contributed by atoms with van der Waals surface area (Å²) in [5.74, 6) is -2.76. The maximum atomic E-state index is 13.7. The first-order chi connectivity index (χ1) is 9.06. The van der Waals surface area contributed by atoms with Crippen LogP contribution in [-0.4, -0.2) is 7.05 Å². The fourth-order valence-electron chi connectivity index (χ4n) is 1.96. The summed E-state index contributed by atoms with van der Waals surface area (Å²) in [6, 6.07) is 14.3. The molecule has 2 aromatic rings. The average Bonchev–Trinajstić information content (AvgIpc) is 2.47. The molecule has 0 saturated carbocycles. The number of halogens is 2. The predicted molar refractivity (Wildman–Crippen MR) is 75.6 cm³/mol. The molecule has 0 spiro atoms. The van der Waals surface area contributed by atoms with Crippen molar-refractivity contribution < 1.29 is 8.78 Å². The topological polar surface area (TPSA) is 12.0 Å². The minimum absolute atomic E-state index is 0.0743. The third-order valence-corrected chi connectivity index (χ3v) is 3.24. The lowest BCUT2D eigenvalue weighted by Gasteiger charge is -2.15. The number of nitrogens with one attached hydrogen (secondary N) is 1. The van der Waals surface area contributed by atoms with Crippen molar-refractivity contribution in [3.05, 3.63) is 54.1 Å². The van der Waals surface area contributed by atoms with Gasteiger partial charge >= 0.3 is 0 Å². The lowest BCUT2D eigenvalue weighted by Crippen LogP contribution is -2.11. The van der Waals surface area contributed by atoms with Crippen LogP contribution in [0.5, 0.6) is 0 Å². The molecule has 0 aliphatic carbocycles. The van der Waals surface area contributed by atoms with Crippen LogP contribution in [0.4, 0.5) is 14.5 Å². The van der Waals surface area contributed by atoms with Crippen molar-refractivity contribution in [2.24, 2.45) is 0 Å². The zero-order valence-electron chi connectivity index (χ0n) is 11.1. The van der Waals surface area contributed by atoms with Crippen LogP contribution < -0.4 is 5.32 Å². The van der Waals surface area contributed by atoms with Gasteiger partial charge in [0.15, 0.2) is 0 Å². The van der Waals surface area contributed by atoms with Crippen LogP contribution in [0.15, 0.2) is 48.5 Å². The smallest absolute Gasteiger partial charge is 0.273 e. The van der Waals surface area contributed by atoms with Gasteiger partial charge in [0.05, 0.1) is 0 Å². The van der Waals surface area contributed by atoms with Gasteiger partial charge in [-0.1, -0.05) is 37.3 Å². The Morgan fingerprint density at radius 2 is 1.68 bits per heavy atom.